The average molecular weight is 474 g/mol. The number of carbonyl (C=O) groups is 2. The van der Waals surface area contributed by atoms with E-state index in [2.05, 4.69) is 35.0 Å². The summed E-state index contributed by atoms with van der Waals surface area (Å²) in [5, 5.41) is 4.11. The second-order valence-electron chi connectivity index (χ2n) is 10.6. The largest absolute Gasteiger partial charge is 0.337 e. The van der Waals surface area contributed by atoms with Gasteiger partial charge in [0.05, 0.1) is 0 Å². The Balaban J connectivity index is 1.35. The van der Waals surface area contributed by atoms with Crippen LogP contribution in [0.5, 0.6) is 0 Å². The predicted octanol–water partition coefficient (Wildman–Crippen LogP) is 4.37. The molecule has 6 heteroatoms. The summed E-state index contributed by atoms with van der Waals surface area (Å²) in [4.78, 5) is 30.2. The smallest absolute Gasteiger partial charge is 0.226 e. The maximum absolute atomic E-state index is 12.9. The summed E-state index contributed by atoms with van der Waals surface area (Å²) in [6.45, 7) is 9.72. The molecular weight excluding hydrogens is 434 g/mol. The van der Waals surface area contributed by atoms with Gasteiger partial charge in [0.1, 0.15) is 5.78 Å². The van der Waals surface area contributed by atoms with E-state index >= 15 is 0 Å². The number of Topliss-reactive ketones (excluding diaryl/α,β-unsaturated/α-hetero) is 1. The van der Waals surface area contributed by atoms with Crippen LogP contribution in [0.25, 0.3) is 0 Å². The number of amides is 1. The first-order valence-corrected chi connectivity index (χ1v) is 13.3. The van der Waals surface area contributed by atoms with Crippen LogP contribution in [0.1, 0.15) is 68.6 Å². The van der Waals surface area contributed by atoms with Crippen molar-refractivity contribution >= 4 is 23.3 Å². The second-order valence-corrected chi connectivity index (χ2v) is 11.0. The number of rotatable bonds is 7. The zero-order valence-electron chi connectivity index (χ0n) is 20.4. The van der Waals surface area contributed by atoms with Gasteiger partial charge < -0.3 is 10.2 Å². The Hall–Kier alpha value is -1.43. The highest BCUT2D eigenvalue weighted by Gasteiger charge is 2.33. The Bertz CT molecular complexity index is 846. The van der Waals surface area contributed by atoms with Gasteiger partial charge in [-0.3, -0.25) is 14.5 Å². The summed E-state index contributed by atoms with van der Waals surface area (Å²) in [6, 6.07) is 4.26. The standard InChI is InChI=1S/C27H40ClN3O2/c1-19-17-30(10-11-31(19)27(33)22-7-3-4-8-22)18-24-14-25(28)13-23(20(24)2)15-26(32)12-21-6-5-9-29-16-21/h13-14,19,21-22,29H,3-12,15-18H2,1-2H3/t19-,21?/m0/s1. The molecule has 33 heavy (non-hydrogen) atoms. The predicted molar refractivity (Wildman–Crippen MR) is 134 cm³/mol. The highest BCUT2D eigenvalue weighted by atomic mass is 35.5. The average Bonchev–Trinajstić information content (AvgIpc) is 3.32. The van der Waals surface area contributed by atoms with Crippen molar-refractivity contribution in [2.75, 3.05) is 32.7 Å². The minimum Gasteiger partial charge on any atom is -0.337 e. The Morgan fingerprint density at radius 2 is 1.85 bits per heavy atom. The molecule has 1 unspecified atom stereocenters. The lowest BCUT2D eigenvalue weighted by molar-refractivity contribution is -0.140. The maximum Gasteiger partial charge on any atom is 0.226 e. The molecule has 0 aromatic heterocycles. The first-order chi connectivity index (χ1) is 15.9. The summed E-state index contributed by atoms with van der Waals surface area (Å²) in [5.74, 6) is 1.40. The zero-order chi connectivity index (χ0) is 23.4. The summed E-state index contributed by atoms with van der Waals surface area (Å²) >= 11 is 6.49. The lowest BCUT2D eigenvalue weighted by atomic mass is 9.90. The van der Waals surface area contributed by atoms with E-state index in [4.69, 9.17) is 11.6 Å². The number of piperazine rings is 1. The maximum atomic E-state index is 12.9. The number of nitrogens with zero attached hydrogens (tertiary/aromatic N) is 2. The van der Waals surface area contributed by atoms with E-state index < -0.39 is 0 Å². The Morgan fingerprint density at radius 3 is 2.55 bits per heavy atom. The minimum atomic E-state index is 0.233. The number of halogens is 1. The molecule has 1 aromatic rings. The fourth-order valence-electron chi connectivity index (χ4n) is 6.00. The van der Waals surface area contributed by atoms with Crippen LogP contribution >= 0.6 is 11.6 Å². The van der Waals surface area contributed by atoms with Gasteiger partial charge in [-0.25, -0.2) is 0 Å². The molecule has 0 bridgehead atoms. The van der Waals surface area contributed by atoms with Gasteiger partial charge in [-0.05, 0) is 87.4 Å². The van der Waals surface area contributed by atoms with Crippen molar-refractivity contribution in [1.29, 1.82) is 0 Å². The van der Waals surface area contributed by atoms with Crippen LogP contribution in [-0.4, -0.2) is 60.3 Å². The van der Waals surface area contributed by atoms with E-state index in [1.807, 2.05) is 6.07 Å². The molecule has 2 aliphatic heterocycles. The first-order valence-electron chi connectivity index (χ1n) is 12.9. The molecule has 3 aliphatic rings. The Morgan fingerprint density at radius 1 is 1.09 bits per heavy atom. The molecule has 2 heterocycles. The van der Waals surface area contributed by atoms with Crippen molar-refractivity contribution in [3.63, 3.8) is 0 Å². The van der Waals surface area contributed by atoms with Gasteiger partial charge in [0.2, 0.25) is 5.91 Å². The minimum absolute atomic E-state index is 0.233. The third-order valence-corrected chi connectivity index (χ3v) is 8.20. The van der Waals surface area contributed by atoms with Crippen LogP contribution in [0.15, 0.2) is 12.1 Å². The van der Waals surface area contributed by atoms with Crippen molar-refractivity contribution < 1.29 is 9.59 Å². The van der Waals surface area contributed by atoms with Crippen molar-refractivity contribution in [3.05, 3.63) is 33.8 Å². The van der Waals surface area contributed by atoms with Gasteiger partial charge in [0, 0.05) is 56.0 Å². The van der Waals surface area contributed by atoms with E-state index in [-0.39, 0.29) is 12.0 Å². The second kappa shape index (κ2) is 11.3. The SMILES string of the molecule is Cc1c(CC(=O)CC2CCCNC2)cc(Cl)cc1CN1CCN(C(=O)C2CCCC2)[C@@H](C)C1. The van der Waals surface area contributed by atoms with Crippen molar-refractivity contribution in [3.8, 4) is 0 Å². The third-order valence-electron chi connectivity index (χ3n) is 7.98. The quantitative estimate of drug-likeness (QED) is 0.638. The molecule has 182 valence electrons. The highest BCUT2D eigenvalue weighted by Crippen LogP contribution is 2.29. The van der Waals surface area contributed by atoms with E-state index in [9.17, 15) is 9.59 Å². The van der Waals surface area contributed by atoms with E-state index in [0.717, 1.165) is 70.5 Å². The third kappa shape index (κ3) is 6.37. The van der Waals surface area contributed by atoms with Gasteiger partial charge in [-0.15, -0.1) is 0 Å². The molecule has 3 fully saturated rings. The monoisotopic (exact) mass is 473 g/mol. The number of ketones is 1. The molecule has 4 rings (SSSR count). The molecule has 0 spiro atoms. The van der Waals surface area contributed by atoms with Crippen LogP contribution in [0.3, 0.4) is 0 Å². The molecule has 1 N–H and O–H groups in total. The fourth-order valence-corrected chi connectivity index (χ4v) is 6.27. The van der Waals surface area contributed by atoms with E-state index in [0.29, 0.717) is 35.5 Å². The van der Waals surface area contributed by atoms with Crippen molar-refractivity contribution in [2.45, 2.75) is 77.8 Å². The van der Waals surface area contributed by atoms with Gasteiger partial charge in [-0.1, -0.05) is 24.4 Å². The van der Waals surface area contributed by atoms with Crippen LogP contribution < -0.4 is 5.32 Å². The van der Waals surface area contributed by atoms with Crippen molar-refractivity contribution in [2.24, 2.45) is 11.8 Å². The summed E-state index contributed by atoms with van der Waals surface area (Å²) < 4.78 is 0. The lowest BCUT2D eigenvalue weighted by Crippen LogP contribution is -2.54. The number of hydrogen-bond acceptors (Lipinski definition) is 4. The number of nitrogens with one attached hydrogen (secondary N) is 1. The summed E-state index contributed by atoms with van der Waals surface area (Å²) in [6.07, 6.45) is 7.95. The Labute approximate surface area is 204 Å². The topological polar surface area (TPSA) is 52.7 Å². The summed E-state index contributed by atoms with van der Waals surface area (Å²) in [5.41, 5.74) is 3.45. The van der Waals surface area contributed by atoms with Crippen LogP contribution in [-0.2, 0) is 22.6 Å². The number of carbonyl (C=O) groups excluding carboxylic acids is 2. The molecular formula is C27H40ClN3O2. The molecule has 1 aliphatic carbocycles. The van der Waals surface area contributed by atoms with Crippen molar-refractivity contribution in [1.82, 2.24) is 15.1 Å². The van der Waals surface area contributed by atoms with Crippen LogP contribution in [0.2, 0.25) is 5.02 Å². The first kappa shape index (κ1) is 24.7. The van der Waals surface area contributed by atoms with Crippen LogP contribution in [0.4, 0.5) is 0 Å². The molecule has 1 amide bonds. The van der Waals surface area contributed by atoms with Gasteiger partial charge in [-0.2, -0.15) is 0 Å². The number of hydrogen-bond donors (Lipinski definition) is 1. The molecule has 1 aromatic carbocycles. The molecule has 0 radical (unpaired) electrons. The molecule has 2 saturated heterocycles. The molecule has 1 saturated carbocycles. The Kier molecular flexibility index (Phi) is 8.48. The summed E-state index contributed by atoms with van der Waals surface area (Å²) in [7, 11) is 0. The fraction of sp³-hybridized carbons (Fsp3) is 0.704. The van der Waals surface area contributed by atoms with Gasteiger partial charge >= 0.3 is 0 Å². The highest BCUT2D eigenvalue weighted by molar-refractivity contribution is 6.30. The van der Waals surface area contributed by atoms with Gasteiger partial charge in [0.15, 0.2) is 0 Å². The molecule has 5 nitrogen and oxygen atoms in total. The van der Waals surface area contributed by atoms with E-state index in [1.165, 1.54) is 24.0 Å². The zero-order valence-corrected chi connectivity index (χ0v) is 21.1. The normalized spacial score (nSPS) is 24.9. The van der Waals surface area contributed by atoms with Crippen LogP contribution in [0, 0.1) is 18.8 Å². The van der Waals surface area contributed by atoms with Gasteiger partial charge in [0.25, 0.3) is 0 Å². The van der Waals surface area contributed by atoms with E-state index in [1.54, 1.807) is 0 Å². The number of piperidine rings is 1. The molecule has 2 atom stereocenters. The number of benzene rings is 1. The lowest BCUT2D eigenvalue weighted by Gasteiger charge is -2.41.